The van der Waals surface area contributed by atoms with Gasteiger partial charge < -0.3 is 4.74 Å². The molecule has 78 valence electrons. The van der Waals surface area contributed by atoms with Crippen LogP contribution in [-0.4, -0.2) is 18.3 Å². The number of hydrogen-bond donors (Lipinski definition) is 0. The van der Waals surface area contributed by atoms with E-state index in [0.29, 0.717) is 11.8 Å². The van der Waals surface area contributed by atoms with Crippen molar-refractivity contribution in [2.24, 2.45) is 23.7 Å². The standard InChI is InChI=1S/C10H13ClO3/c1-14-10(13)8-4-6-2-5(6)3-7(8)9(11)12/h5-8H,2-4H2,1H3. The molecule has 0 spiro atoms. The molecule has 2 saturated carbocycles. The number of carbonyl (C=O) groups is 2. The zero-order valence-electron chi connectivity index (χ0n) is 8.03. The summed E-state index contributed by atoms with van der Waals surface area (Å²) in [5.74, 6) is 0.367. The summed E-state index contributed by atoms with van der Waals surface area (Å²) in [7, 11) is 1.36. The van der Waals surface area contributed by atoms with Crippen molar-refractivity contribution in [2.45, 2.75) is 19.3 Å². The van der Waals surface area contributed by atoms with E-state index in [2.05, 4.69) is 4.74 Å². The number of rotatable bonds is 2. The highest BCUT2D eigenvalue weighted by atomic mass is 35.5. The van der Waals surface area contributed by atoms with Gasteiger partial charge in [0.2, 0.25) is 5.24 Å². The smallest absolute Gasteiger partial charge is 0.309 e. The number of methoxy groups -OCH3 is 1. The van der Waals surface area contributed by atoms with E-state index in [1.165, 1.54) is 7.11 Å². The van der Waals surface area contributed by atoms with Crippen LogP contribution in [0, 0.1) is 23.7 Å². The molecular weight excluding hydrogens is 204 g/mol. The summed E-state index contributed by atoms with van der Waals surface area (Å²) in [5.41, 5.74) is 0. The molecule has 0 bridgehead atoms. The van der Waals surface area contributed by atoms with Crippen LogP contribution in [0.15, 0.2) is 0 Å². The first-order valence-corrected chi connectivity index (χ1v) is 5.28. The number of fused-ring (bicyclic) bond motifs is 1. The second-order valence-electron chi connectivity index (χ2n) is 4.27. The second-order valence-corrected chi connectivity index (χ2v) is 4.64. The summed E-state index contributed by atoms with van der Waals surface area (Å²) in [4.78, 5) is 22.6. The zero-order valence-corrected chi connectivity index (χ0v) is 8.79. The molecule has 0 heterocycles. The maximum Gasteiger partial charge on any atom is 0.309 e. The minimum absolute atomic E-state index is 0.283. The van der Waals surface area contributed by atoms with E-state index in [4.69, 9.17) is 11.6 Å². The maximum atomic E-state index is 11.4. The van der Waals surface area contributed by atoms with Crippen molar-refractivity contribution in [2.75, 3.05) is 7.11 Å². The van der Waals surface area contributed by atoms with Gasteiger partial charge in [-0.25, -0.2) is 0 Å². The first kappa shape index (κ1) is 9.97. The number of esters is 1. The summed E-state index contributed by atoms with van der Waals surface area (Å²) in [6.45, 7) is 0. The molecule has 0 aromatic heterocycles. The molecule has 2 aliphatic carbocycles. The highest BCUT2D eigenvalue weighted by Gasteiger charge is 2.50. The number of ether oxygens (including phenoxy) is 1. The summed E-state index contributed by atoms with van der Waals surface area (Å²) in [5, 5.41) is -0.384. The van der Waals surface area contributed by atoms with E-state index < -0.39 is 0 Å². The van der Waals surface area contributed by atoms with Gasteiger partial charge in [0.05, 0.1) is 13.0 Å². The van der Waals surface area contributed by atoms with E-state index in [9.17, 15) is 9.59 Å². The van der Waals surface area contributed by atoms with Crippen molar-refractivity contribution < 1.29 is 14.3 Å². The van der Waals surface area contributed by atoms with Crippen LogP contribution < -0.4 is 0 Å². The molecule has 0 aromatic rings. The molecule has 0 saturated heterocycles. The predicted octanol–water partition coefficient (Wildman–Crippen LogP) is 1.59. The molecule has 2 aliphatic rings. The van der Waals surface area contributed by atoms with Gasteiger partial charge in [-0.15, -0.1) is 0 Å². The third-order valence-electron chi connectivity index (χ3n) is 3.46. The predicted molar refractivity (Wildman–Crippen MR) is 50.7 cm³/mol. The molecule has 2 rings (SSSR count). The lowest BCUT2D eigenvalue weighted by Gasteiger charge is -2.25. The Labute approximate surface area is 87.8 Å². The van der Waals surface area contributed by atoms with E-state index in [0.717, 1.165) is 19.3 Å². The normalized spacial score (nSPS) is 39.9. The summed E-state index contributed by atoms with van der Waals surface area (Å²) in [6.07, 6.45) is 2.70. The van der Waals surface area contributed by atoms with Crippen LogP contribution in [0.4, 0.5) is 0 Å². The lowest BCUT2D eigenvalue weighted by molar-refractivity contribution is -0.150. The lowest BCUT2D eigenvalue weighted by Crippen LogP contribution is -2.32. The van der Waals surface area contributed by atoms with Crippen LogP contribution in [0.1, 0.15) is 19.3 Å². The Morgan fingerprint density at radius 2 is 1.71 bits per heavy atom. The molecule has 4 atom stereocenters. The fraction of sp³-hybridized carbons (Fsp3) is 0.800. The minimum Gasteiger partial charge on any atom is -0.469 e. The molecule has 4 unspecified atom stereocenters. The Kier molecular flexibility index (Phi) is 2.52. The Hall–Kier alpha value is -0.570. The SMILES string of the molecule is COC(=O)C1CC2CC2CC1C(=O)Cl. The average molecular weight is 217 g/mol. The quantitative estimate of drug-likeness (QED) is 0.520. The average Bonchev–Trinajstić information content (AvgIpc) is 2.92. The molecule has 0 aliphatic heterocycles. The van der Waals surface area contributed by atoms with E-state index in [1.54, 1.807) is 0 Å². The summed E-state index contributed by atoms with van der Waals surface area (Å²) < 4.78 is 4.69. The lowest BCUT2D eigenvalue weighted by atomic mass is 9.80. The van der Waals surface area contributed by atoms with Gasteiger partial charge in [0.1, 0.15) is 0 Å². The summed E-state index contributed by atoms with van der Waals surface area (Å²) >= 11 is 5.49. The fourth-order valence-corrected chi connectivity index (χ4v) is 2.77. The van der Waals surface area contributed by atoms with Crippen molar-refractivity contribution in [1.29, 1.82) is 0 Å². The second kappa shape index (κ2) is 3.54. The van der Waals surface area contributed by atoms with Crippen LogP contribution in [0.2, 0.25) is 0 Å². The van der Waals surface area contributed by atoms with Gasteiger partial charge in [-0.2, -0.15) is 0 Å². The van der Waals surface area contributed by atoms with E-state index >= 15 is 0 Å². The summed E-state index contributed by atoms with van der Waals surface area (Å²) in [6, 6.07) is 0. The molecule has 14 heavy (non-hydrogen) atoms. The van der Waals surface area contributed by atoms with Crippen molar-refractivity contribution in [3.63, 3.8) is 0 Å². The molecule has 3 nitrogen and oxygen atoms in total. The topological polar surface area (TPSA) is 43.4 Å². The largest absolute Gasteiger partial charge is 0.469 e. The van der Waals surface area contributed by atoms with Crippen LogP contribution in [0.3, 0.4) is 0 Å². The maximum absolute atomic E-state index is 11.4. The number of hydrogen-bond acceptors (Lipinski definition) is 3. The number of carbonyl (C=O) groups excluding carboxylic acids is 2. The van der Waals surface area contributed by atoms with E-state index in [-0.39, 0.29) is 23.0 Å². The molecule has 0 amide bonds. The molecular formula is C10H13ClO3. The van der Waals surface area contributed by atoms with Gasteiger partial charge in [0.25, 0.3) is 0 Å². The van der Waals surface area contributed by atoms with Crippen LogP contribution in [0.5, 0.6) is 0 Å². The van der Waals surface area contributed by atoms with E-state index in [1.807, 2.05) is 0 Å². The fourth-order valence-electron chi connectivity index (χ4n) is 2.53. The Morgan fingerprint density at radius 1 is 1.14 bits per heavy atom. The van der Waals surface area contributed by atoms with Gasteiger partial charge in [-0.05, 0) is 42.7 Å². The van der Waals surface area contributed by atoms with Crippen molar-refractivity contribution in [3.8, 4) is 0 Å². The highest BCUT2D eigenvalue weighted by molar-refractivity contribution is 6.64. The molecule has 2 fully saturated rings. The third kappa shape index (κ3) is 1.65. The molecule has 0 aromatic carbocycles. The van der Waals surface area contributed by atoms with Crippen molar-refractivity contribution in [3.05, 3.63) is 0 Å². The van der Waals surface area contributed by atoms with Gasteiger partial charge >= 0.3 is 5.97 Å². The zero-order chi connectivity index (χ0) is 10.3. The van der Waals surface area contributed by atoms with Crippen LogP contribution >= 0.6 is 11.6 Å². The Balaban J connectivity index is 2.10. The minimum atomic E-state index is -0.384. The highest BCUT2D eigenvalue weighted by Crippen LogP contribution is 2.54. The van der Waals surface area contributed by atoms with Gasteiger partial charge in [0, 0.05) is 5.92 Å². The first-order chi connectivity index (χ1) is 6.63. The van der Waals surface area contributed by atoms with Crippen LogP contribution in [0.25, 0.3) is 0 Å². The van der Waals surface area contributed by atoms with Gasteiger partial charge in [-0.1, -0.05) is 0 Å². The first-order valence-electron chi connectivity index (χ1n) is 4.90. The van der Waals surface area contributed by atoms with Crippen LogP contribution in [-0.2, 0) is 14.3 Å². The Bertz CT molecular complexity index is 277. The molecule has 4 heteroatoms. The third-order valence-corrected chi connectivity index (χ3v) is 3.74. The van der Waals surface area contributed by atoms with Gasteiger partial charge in [-0.3, -0.25) is 9.59 Å². The Morgan fingerprint density at radius 3 is 2.21 bits per heavy atom. The molecule has 0 N–H and O–H groups in total. The van der Waals surface area contributed by atoms with Crippen molar-refractivity contribution in [1.82, 2.24) is 0 Å². The van der Waals surface area contributed by atoms with Gasteiger partial charge in [0.15, 0.2) is 0 Å². The van der Waals surface area contributed by atoms with Crippen molar-refractivity contribution >= 4 is 22.8 Å². The number of halogens is 1. The monoisotopic (exact) mass is 216 g/mol. The molecule has 0 radical (unpaired) electrons.